The van der Waals surface area contributed by atoms with Crippen molar-refractivity contribution in [3.8, 4) is 0 Å². The Morgan fingerprint density at radius 3 is 3.00 bits per heavy atom. The Morgan fingerprint density at radius 1 is 1.41 bits per heavy atom. The maximum atomic E-state index is 5.49. The highest BCUT2D eigenvalue weighted by molar-refractivity contribution is 5.53. The van der Waals surface area contributed by atoms with Gasteiger partial charge in [-0.05, 0) is 37.3 Å². The molecule has 1 heteroatoms. The highest BCUT2D eigenvalue weighted by Crippen LogP contribution is 2.26. The number of hydrogen-bond donors (Lipinski definition) is 0. The van der Waals surface area contributed by atoms with E-state index < -0.39 is 0 Å². The molecule has 1 heterocycles. The first kappa shape index (κ1) is 12.0. The fraction of sp³-hybridized carbons (Fsp3) is 0.375. The predicted octanol–water partition coefficient (Wildman–Crippen LogP) is 4.34. The number of benzene rings is 1. The molecule has 0 N–H and O–H groups in total. The minimum Gasteiger partial charge on any atom is -0.498 e. The van der Waals surface area contributed by atoms with Gasteiger partial charge in [0.15, 0.2) is 0 Å². The molecule has 2 rings (SSSR count). The van der Waals surface area contributed by atoms with E-state index in [1.807, 2.05) is 0 Å². The summed E-state index contributed by atoms with van der Waals surface area (Å²) >= 11 is 0. The van der Waals surface area contributed by atoms with Crippen LogP contribution < -0.4 is 0 Å². The van der Waals surface area contributed by atoms with Gasteiger partial charge in [0.1, 0.15) is 0 Å². The summed E-state index contributed by atoms with van der Waals surface area (Å²) in [6.07, 6.45) is 7.84. The first-order chi connectivity index (χ1) is 8.27. The smallest absolute Gasteiger partial charge is 0.0922 e. The molecule has 90 valence electrons. The number of allylic oxidation sites excluding steroid dienone is 2. The van der Waals surface area contributed by atoms with Gasteiger partial charge < -0.3 is 4.74 Å². The molecule has 1 atom stereocenters. The minimum absolute atomic E-state index is 0.504. The van der Waals surface area contributed by atoms with Crippen molar-refractivity contribution in [2.45, 2.75) is 26.2 Å². The molecule has 0 saturated carbocycles. The van der Waals surface area contributed by atoms with Crippen LogP contribution in [-0.4, -0.2) is 6.61 Å². The number of rotatable bonds is 3. The summed E-state index contributed by atoms with van der Waals surface area (Å²) in [5.41, 5.74) is 2.62. The fourth-order valence-electron chi connectivity index (χ4n) is 2.19. The lowest BCUT2D eigenvalue weighted by molar-refractivity contribution is 0.130. The van der Waals surface area contributed by atoms with E-state index in [-0.39, 0.29) is 0 Å². The second-order valence-electron chi connectivity index (χ2n) is 4.65. The van der Waals surface area contributed by atoms with Crippen LogP contribution in [0.2, 0.25) is 0 Å². The van der Waals surface area contributed by atoms with Crippen molar-refractivity contribution in [1.82, 2.24) is 0 Å². The van der Waals surface area contributed by atoms with Crippen LogP contribution in [0, 0.1) is 12.8 Å². The van der Waals surface area contributed by atoms with E-state index in [4.69, 9.17) is 4.74 Å². The van der Waals surface area contributed by atoms with Gasteiger partial charge in [-0.3, -0.25) is 0 Å². The molecule has 0 aliphatic carbocycles. The Kier molecular flexibility index (Phi) is 4.03. The zero-order valence-corrected chi connectivity index (χ0v) is 10.5. The van der Waals surface area contributed by atoms with Gasteiger partial charge in [-0.2, -0.15) is 0 Å². The summed E-state index contributed by atoms with van der Waals surface area (Å²) < 4.78 is 5.49. The molecule has 0 amide bonds. The van der Waals surface area contributed by atoms with Crippen LogP contribution in [0.15, 0.2) is 42.7 Å². The second-order valence-corrected chi connectivity index (χ2v) is 4.65. The van der Waals surface area contributed by atoms with Gasteiger partial charge in [-0.15, -0.1) is 0 Å². The van der Waals surface area contributed by atoms with Crippen molar-refractivity contribution >= 4 is 6.08 Å². The van der Waals surface area contributed by atoms with Gasteiger partial charge >= 0.3 is 0 Å². The Balaban J connectivity index is 1.93. The van der Waals surface area contributed by atoms with Crippen LogP contribution in [0.25, 0.3) is 6.08 Å². The van der Waals surface area contributed by atoms with E-state index in [1.165, 1.54) is 17.5 Å². The summed E-state index contributed by atoms with van der Waals surface area (Å²) in [6, 6.07) is 8.44. The Hall–Kier alpha value is -1.50. The highest BCUT2D eigenvalue weighted by atomic mass is 16.5. The van der Waals surface area contributed by atoms with Crippen LogP contribution in [0.3, 0.4) is 0 Å². The van der Waals surface area contributed by atoms with Crippen LogP contribution in [0.1, 0.15) is 30.4 Å². The van der Waals surface area contributed by atoms with Crippen LogP contribution in [-0.2, 0) is 4.74 Å². The van der Waals surface area contributed by atoms with E-state index in [1.54, 1.807) is 0 Å². The molecule has 0 aromatic heterocycles. The molecule has 1 unspecified atom stereocenters. The Labute approximate surface area is 104 Å². The van der Waals surface area contributed by atoms with Crippen molar-refractivity contribution in [2.75, 3.05) is 6.61 Å². The molecule has 0 radical (unpaired) electrons. The minimum atomic E-state index is 0.504. The SMILES string of the molecule is C=C1OCCCC1C/C=C/c1ccccc1C. The van der Waals surface area contributed by atoms with Crippen LogP contribution in [0.5, 0.6) is 0 Å². The normalized spacial score (nSPS) is 20.5. The highest BCUT2D eigenvalue weighted by Gasteiger charge is 2.16. The maximum Gasteiger partial charge on any atom is 0.0922 e. The molecule has 1 nitrogen and oxygen atoms in total. The molecule has 17 heavy (non-hydrogen) atoms. The standard InChI is InChI=1S/C16H20O/c1-13-7-3-4-8-15(13)9-5-10-16-11-6-12-17-14(16)2/h3-5,7-9,16H,2,6,10-12H2,1H3/b9-5+. The average molecular weight is 228 g/mol. The third kappa shape index (κ3) is 3.23. The van der Waals surface area contributed by atoms with Crippen molar-refractivity contribution < 1.29 is 4.74 Å². The molecule has 0 bridgehead atoms. The molecule has 1 aromatic carbocycles. The number of aryl methyl sites for hydroxylation is 1. The summed E-state index contributed by atoms with van der Waals surface area (Å²) in [5, 5.41) is 0. The van der Waals surface area contributed by atoms with E-state index in [0.29, 0.717) is 5.92 Å². The largest absolute Gasteiger partial charge is 0.498 e. The third-order valence-electron chi connectivity index (χ3n) is 3.35. The van der Waals surface area contributed by atoms with E-state index in [2.05, 4.69) is 49.9 Å². The number of ether oxygens (including phenoxy) is 1. The summed E-state index contributed by atoms with van der Waals surface area (Å²) in [4.78, 5) is 0. The fourth-order valence-corrected chi connectivity index (χ4v) is 2.19. The van der Waals surface area contributed by atoms with E-state index in [9.17, 15) is 0 Å². The van der Waals surface area contributed by atoms with Crippen molar-refractivity contribution in [2.24, 2.45) is 5.92 Å². The summed E-state index contributed by atoms with van der Waals surface area (Å²) in [7, 11) is 0. The van der Waals surface area contributed by atoms with Crippen molar-refractivity contribution in [1.29, 1.82) is 0 Å². The lowest BCUT2D eigenvalue weighted by Gasteiger charge is -2.23. The lowest BCUT2D eigenvalue weighted by atomic mass is 9.95. The predicted molar refractivity (Wildman–Crippen MR) is 72.6 cm³/mol. The maximum absolute atomic E-state index is 5.49. The topological polar surface area (TPSA) is 9.23 Å². The quantitative estimate of drug-likeness (QED) is 0.747. The number of hydrogen-bond acceptors (Lipinski definition) is 1. The van der Waals surface area contributed by atoms with E-state index >= 15 is 0 Å². The van der Waals surface area contributed by atoms with E-state index in [0.717, 1.165) is 25.2 Å². The van der Waals surface area contributed by atoms with Crippen molar-refractivity contribution in [3.05, 3.63) is 53.8 Å². The molecular formula is C16H20O. The second kappa shape index (κ2) is 5.72. The molecule has 1 aliphatic heterocycles. The molecule has 1 aromatic rings. The zero-order chi connectivity index (χ0) is 12.1. The van der Waals surface area contributed by atoms with Crippen molar-refractivity contribution in [3.63, 3.8) is 0 Å². The Morgan fingerprint density at radius 2 is 2.24 bits per heavy atom. The van der Waals surface area contributed by atoms with Gasteiger partial charge in [0.05, 0.1) is 12.4 Å². The van der Waals surface area contributed by atoms with Crippen LogP contribution in [0.4, 0.5) is 0 Å². The van der Waals surface area contributed by atoms with Gasteiger partial charge in [0, 0.05) is 5.92 Å². The molecule has 1 fully saturated rings. The monoisotopic (exact) mass is 228 g/mol. The first-order valence-electron chi connectivity index (χ1n) is 6.31. The van der Waals surface area contributed by atoms with Gasteiger partial charge in [-0.1, -0.05) is 43.0 Å². The summed E-state index contributed by atoms with van der Waals surface area (Å²) in [6.45, 7) is 6.97. The van der Waals surface area contributed by atoms with Gasteiger partial charge in [-0.25, -0.2) is 0 Å². The third-order valence-corrected chi connectivity index (χ3v) is 3.35. The molecular weight excluding hydrogens is 208 g/mol. The van der Waals surface area contributed by atoms with Crippen LogP contribution >= 0.6 is 0 Å². The molecule has 1 aliphatic rings. The van der Waals surface area contributed by atoms with Gasteiger partial charge in [0.2, 0.25) is 0 Å². The average Bonchev–Trinajstić information content (AvgIpc) is 2.34. The molecule has 0 spiro atoms. The molecule has 1 saturated heterocycles. The van der Waals surface area contributed by atoms with Gasteiger partial charge in [0.25, 0.3) is 0 Å². The zero-order valence-electron chi connectivity index (χ0n) is 10.5. The summed E-state index contributed by atoms with van der Waals surface area (Å²) in [5.74, 6) is 1.47. The first-order valence-corrected chi connectivity index (χ1v) is 6.31. The lowest BCUT2D eigenvalue weighted by Crippen LogP contribution is -2.13. The Bertz CT molecular complexity index is 417.